The molecule has 3 rings (SSSR count). The fourth-order valence-electron chi connectivity index (χ4n) is 2.93. The average Bonchev–Trinajstić information content (AvgIpc) is 2.67. The Morgan fingerprint density at radius 2 is 1.96 bits per heavy atom. The standard InChI is InChI=1S/C19H20F3N3O2.ClH/c20-19(21,22)12-27-17-8-5-15(11-24-17)18(26)25-16-6-3-13(4-7-16)14-2-1-9-23-10-14;/h3-8,11,14,23H,1-2,9-10,12H2,(H,25,26);1H/t14-;/m0./s1. The summed E-state index contributed by atoms with van der Waals surface area (Å²) >= 11 is 0. The number of anilines is 1. The zero-order valence-corrected chi connectivity index (χ0v) is 15.8. The molecule has 1 atom stereocenters. The van der Waals surface area contributed by atoms with Crippen molar-refractivity contribution in [1.82, 2.24) is 10.3 Å². The van der Waals surface area contributed by atoms with Crippen molar-refractivity contribution in [2.24, 2.45) is 0 Å². The SMILES string of the molecule is Cl.O=C(Nc1ccc([C@H]2CCCNC2)cc1)c1ccc(OCC(F)(F)F)nc1. The highest BCUT2D eigenvalue weighted by Gasteiger charge is 2.28. The van der Waals surface area contributed by atoms with Crippen LogP contribution >= 0.6 is 12.4 Å². The van der Waals surface area contributed by atoms with Gasteiger partial charge in [0.15, 0.2) is 6.61 Å². The zero-order chi connectivity index (χ0) is 19.3. The molecule has 1 aromatic heterocycles. The van der Waals surface area contributed by atoms with Gasteiger partial charge in [0, 0.05) is 24.5 Å². The summed E-state index contributed by atoms with van der Waals surface area (Å²) in [6.45, 7) is 0.591. The quantitative estimate of drug-likeness (QED) is 0.769. The number of halogens is 4. The molecule has 0 aliphatic carbocycles. The molecular weight excluding hydrogens is 395 g/mol. The smallest absolute Gasteiger partial charge is 0.422 e. The Balaban J connectivity index is 0.00000280. The molecule has 0 saturated carbocycles. The van der Waals surface area contributed by atoms with E-state index in [4.69, 9.17) is 0 Å². The lowest BCUT2D eigenvalue weighted by molar-refractivity contribution is -0.154. The second-order valence-corrected chi connectivity index (χ2v) is 6.41. The van der Waals surface area contributed by atoms with Gasteiger partial charge in [-0.1, -0.05) is 12.1 Å². The second-order valence-electron chi connectivity index (χ2n) is 6.41. The van der Waals surface area contributed by atoms with Crippen LogP contribution in [0, 0.1) is 0 Å². The maximum absolute atomic E-state index is 12.2. The summed E-state index contributed by atoms with van der Waals surface area (Å²) in [6.07, 6.45) is -0.952. The van der Waals surface area contributed by atoms with E-state index in [9.17, 15) is 18.0 Å². The number of aromatic nitrogens is 1. The topological polar surface area (TPSA) is 63.2 Å². The zero-order valence-electron chi connectivity index (χ0n) is 15.0. The van der Waals surface area contributed by atoms with Gasteiger partial charge in [0.1, 0.15) is 0 Å². The first-order chi connectivity index (χ1) is 12.9. The lowest BCUT2D eigenvalue weighted by atomic mass is 9.92. The lowest BCUT2D eigenvalue weighted by Crippen LogP contribution is -2.28. The van der Waals surface area contributed by atoms with Crippen molar-refractivity contribution in [2.45, 2.75) is 24.9 Å². The number of nitrogens with one attached hydrogen (secondary N) is 2. The van der Waals surface area contributed by atoms with Crippen LogP contribution in [0.1, 0.15) is 34.7 Å². The van der Waals surface area contributed by atoms with Crippen molar-refractivity contribution >= 4 is 24.0 Å². The van der Waals surface area contributed by atoms with Gasteiger partial charge in [-0.15, -0.1) is 12.4 Å². The Hall–Kier alpha value is -2.32. The molecule has 1 amide bonds. The first-order valence-corrected chi connectivity index (χ1v) is 8.68. The van der Waals surface area contributed by atoms with E-state index in [1.54, 1.807) is 0 Å². The molecule has 1 aliphatic heterocycles. The number of carbonyl (C=O) groups is 1. The number of alkyl halides is 3. The number of pyridine rings is 1. The Morgan fingerprint density at radius 3 is 2.54 bits per heavy atom. The minimum absolute atomic E-state index is 0. The number of piperidine rings is 1. The van der Waals surface area contributed by atoms with Crippen LogP contribution in [-0.2, 0) is 0 Å². The van der Waals surface area contributed by atoms with E-state index in [2.05, 4.69) is 20.4 Å². The van der Waals surface area contributed by atoms with Crippen molar-refractivity contribution < 1.29 is 22.7 Å². The van der Waals surface area contributed by atoms with Gasteiger partial charge in [-0.3, -0.25) is 4.79 Å². The van der Waals surface area contributed by atoms with E-state index in [1.807, 2.05) is 24.3 Å². The molecule has 0 spiro atoms. The molecule has 2 N–H and O–H groups in total. The molecule has 28 heavy (non-hydrogen) atoms. The molecule has 9 heteroatoms. The van der Waals surface area contributed by atoms with Crippen LogP contribution in [-0.4, -0.2) is 36.8 Å². The van der Waals surface area contributed by atoms with Crippen LogP contribution in [0.5, 0.6) is 5.88 Å². The molecule has 0 radical (unpaired) electrons. The van der Waals surface area contributed by atoms with Gasteiger partial charge in [0.05, 0.1) is 5.56 Å². The van der Waals surface area contributed by atoms with E-state index in [1.165, 1.54) is 23.9 Å². The van der Waals surface area contributed by atoms with Crippen molar-refractivity contribution in [3.63, 3.8) is 0 Å². The van der Waals surface area contributed by atoms with Gasteiger partial charge in [0.2, 0.25) is 5.88 Å². The van der Waals surface area contributed by atoms with E-state index in [0.717, 1.165) is 25.9 Å². The number of ether oxygens (including phenoxy) is 1. The molecule has 0 unspecified atom stereocenters. The maximum Gasteiger partial charge on any atom is 0.422 e. The van der Waals surface area contributed by atoms with Crippen molar-refractivity contribution in [1.29, 1.82) is 0 Å². The van der Waals surface area contributed by atoms with Gasteiger partial charge in [-0.25, -0.2) is 4.98 Å². The first kappa shape index (κ1) is 22.0. The van der Waals surface area contributed by atoms with E-state index >= 15 is 0 Å². The number of rotatable bonds is 5. The summed E-state index contributed by atoms with van der Waals surface area (Å²) in [5, 5.41) is 6.12. The Kier molecular flexibility index (Phi) is 7.65. The highest BCUT2D eigenvalue weighted by atomic mass is 35.5. The molecule has 5 nitrogen and oxygen atoms in total. The third-order valence-corrected chi connectivity index (χ3v) is 4.32. The van der Waals surface area contributed by atoms with E-state index in [-0.39, 0.29) is 23.9 Å². The Labute approximate surface area is 167 Å². The van der Waals surface area contributed by atoms with Gasteiger partial charge in [-0.2, -0.15) is 13.2 Å². The molecular formula is C19H21ClF3N3O2. The first-order valence-electron chi connectivity index (χ1n) is 8.68. The van der Waals surface area contributed by atoms with Gasteiger partial charge < -0.3 is 15.4 Å². The van der Waals surface area contributed by atoms with Crippen LogP contribution < -0.4 is 15.4 Å². The number of hydrogen-bond donors (Lipinski definition) is 2. The molecule has 1 aliphatic rings. The van der Waals surface area contributed by atoms with Crippen LogP contribution in [0.3, 0.4) is 0 Å². The summed E-state index contributed by atoms with van der Waals surface area (Å²) in [5.41, 5.74) is 2.10. The maximum atomic E-state index is 12.2. The Morgan fingerprint density at radius 1 is 1.21 bits per heavy atom. The predicted octanol–water partition coefficient (Wildman–Crippen LogP) is 4.16. The highest BCUT2D eigenvalue weighted by Crippen LogP contribution is 2.24. The van der Waals surface area contributed by atoms with Crippen LogP contribution in [0.2, 0.25) is 0 Å². The van der Waals surface area contributed by atoms with Gasteiger partial charge in [0.25, 0.3) is 5.91 Å². The summed E-state index contributed by atoms with van der Waals surface area (Å²) in [5.74, 6) is -0.0942. The number of benzene rings is 1. The summed E-state index contributed by atoms with van der Waals surface area (Å²) in [6, 6.07) is 10.3. The lowest BCUT2D eigenvalue weighted by Gasteiger charge is -2.23. The number of carbonyl (C=O) groups excluding carboxylic acids is 1. The molecule has 1 saturated heterocycles. The van der Waals surface area contributed by atoms with Gasteiger partial charge in [-0.05, 0) is 49.1 Å². The van der Waals surface area contributed by atoms with E-state index in [0.29, 0.717) is 11.6 Å². The van der Waals surface area contributed by atoms with Crippen molar-refractivity contribution in [2.75, 3.05) is 25.0 Å². The van der Waals surface area contributed by atoms with Gasteiger partial charge >= 0.3 is 6.18 Å². The minimum Gasteiger partial charge on any atom is -0.468 e. The predicted molar refractivity (Wildman–Crippen MR) is 102 cm³/mol. The fourth-order valence-corrected chi connectivity index (χ4v) is 2.93. The molecule has 152 valence electrons. The van der Waals surface area contributed by atoms with Crippen LogP contribution in [0.15, 0.2) is 42.6 Å². The fraction of sp³-hybridized carbons (Fsp3) is 0.368. The van der Waals surface area contributed by atoms with Crippen LogP contribution in [0.4, 0.5) is 18.9 Å². The molecule has 2 aromatic rings. The largest absolute Gasteiger partial charge is 0.468 e. The average molecular weight is 416 g/mol. The van der Waals surface area contributed by atoms with Crippen molar-refractivity contribution in [3.05, 3.63) is 53.7 Å². The highest BCUT2D eigenvalue weighted by molar-refractivity contribution is 6.04. The second kappa shape index (κ2) is 9.75. The van der Waals surface area contributed by atoms with E-state index < -0.39 is 18.7 Å². The van der Waals surface area contributed by atoms with Crippen molar-refractivity contribution in [3.8, 4) is 5.88 Å². The third kappa shape index (κ3) is 6.38. The number of hydrogen-bond acceptors (Lipinski definition) is 4. The summed E-state index contributed by atoms with van der Waals surface area (Å²) in [7, 11) is 0. The molecule has 2 heterocycles. The molecule has 1 fully saturated rings. The number of nitrogens with zero attached hydrogens (tertiary/aromatic N) is 1. The molecule has 1 aromatic carbocycles. The van der Waals surface area contributed by atoms with Crippen LogP contribution in [0.25, 0.3) is 0 Å². The molecule has 0 bridgehead atoms. The minimum atomic E-state index is -4.43. The summed E-state index contributed by atoms with van der Waals surface area (Å²) < 4.78 is 40.9. The third-order valence-electron chi connectivity index (χ3n) is 4.32. The summed E-state index contributed by atoms with van der Waals surface area (Å²) in [4.78, 5) is 16.0. The Bertz CT molecular complexity index is 761. The monoisotopic (exact) mass is 415 g/mol. The number of amides is 1. The normalized spacial score (nSPS) is 16.8.